The Hall–Kier alpha value is -2.60. The van der Waals surface area contributed by atoms with E-state index in [2.05, 4.69) is 5.32 Å². The number of hydrogen-bond acceptors (Lipinski definition) is 2. The SMILES string of the molecule is N#Cc1ccc(C(=O)Nc2ccccc2)cc1. The highest BCUT2D eigenvalue weighted by molar-refractivity contribution is 6.04. The standard InChI is InChI=1S/C14H10N2O/c15-10-11-6-8-12(9-7-11)14(17)16-13-4-2-1-3-5-13/h1-9H,(H,16,17). The van der Waals surface area contributed by atoms with E-state index in [4.69, 9.17) is 5.26 Å². The van der Waals surface area contributed by atoms with Crippen molar-refractivity contribution in [2.45, 2.75) is 0 Å². The summed E-state index contributed by atoms with van der Waals surface area (Å²) in [5.74, 6) is -0.180. The third-order valence-electron chi connectivity index (χ3n) is 2.31. The summed E-state index contributed by atoms with van der Waals surface area (Å²) < 4.78 is 0. The lowest BCUT2D eigenvalue weighted by molar-refractivity contribution is 0.102. The fourth-order valence-electron chi connectivity index (χ4n) is 1.42. The van der Waals surface area contributed by atoms with Gasteiger partial charge in [-0.25, -0.2) is 0 Å². The zero-order chi connectivity index (χ0) is 12.1. The Kier molecular flexibility index (Phi) is 3.18. The molecule has 2 aromatic carbocycles. The summed E-state index contributed by atoms with van der Waals surface area (Å²) in [5.41, 5.74) is 1.83. The van der Waals surface area contributed by atoms with Crippen molar-refractivity contribution in [2.24, 2.45) is 0 Å². The maximum atomic E-state index is 11.8. The van der Waals surface area contributed by atoms with E-state index in [1.165, 1.54) is 0 Å². The lowest BCUT2D eigenvalue weighted by Gasteiger charge is -2.04. The molecule has 0 aromatic heterocycles. The molecule has 0 fully saturated rings. The van der Waals surface area contributed by atoms with Crippen LogP contribution in [0.3, 0.4) is 0 Å². The van der Waals surface area contributed by atoms with E-state index in [0.29, 0.717) is 11.1 Å². The molecule has 82 valence electrons. The highest BCUT2D eigenvalue weighted by atomic mass is 16.1. The van der Waals surface area contributed by atoms with Crippen molar-refractivity contribution in [1.82, 2.24) is 0 Å². The molecule has 2 rings (SSSR count). The number of rotatable bonds is 2. The van der Waals surface area contributed by atoms with E-state index < -0.39 is 0 Å². The van der Waals surface area contributed by atoms with Crippen molar-refractivity contribution in [1.29, 1.82) is 5.26 Å². The maximum absolute atomic E-state index is 11.8. The van der Waals surface area contributed by atoms with Crippen LogP contribution in [0.1, 0.15) is 15.9 Å². The molecule has 0 unspecified atom stereocenters. The number of amides is 1. The van der Waals surface area contributed by atoms with Crippen molar-refractivity contribution in [2.75, 3.05) is 5.32 Å². The lowest BCUT2D eigenvalue weighted by atomic mass is 10.1. The molecule has 1 amide bonds. The quantitative estimate of drug-likeness (QED) is 0.849. The molecule has 0 heterocycles. The molecule has 0 aliphatic carbocycles. The molecule has 17 heavy (non-hydrogen) atoms. The first-order valence-corrected chi connectivity index (χ1v) is 5.16. The van der Waals surface area contributed by atoms with Gasteiger partial charge in [0.25, 0.3) is 5.91 Å². The molecule has 0 radical (unpaired) electrons. The van der Waals surface area contributed by atoms with Gasteiger partial charge < -0.3 is 5.32 Å². The summed E-state index contributed by atoms with van der Waals surface area (Å²) in [6, 6.07) is 17.8. The Morgan fingerprint density at radius 1 is 1.00 bits per heavy atom. The highest BCUT2D eigenvalue weighted by Crippen LogP contribution is 2.09. The Morgan fingerprint density at radius 3 is 2.24 bits per heavy atom. The van der Waals surface area contributed by atoms with Gasteiger partial charge in [-0.2, -0.15) is 5.26 Å². The summed E-state index contributed by atoms with van der Waals surface area (Å²) in [4.78, 5) is 11.8. The summed E-state index contributed by atoms with van der Waals surface area (Å²) in [6.07, 6.45) is 0. The molecule has 2 aromatic rings. The number of anilines is 1. The second-order valence-electron chi connectivity index (χ2n) is 3.51. The third-order valence-corrected chi connectivity index (χ3v) is 2.31. The topological polar surface area (TPSA) is 52.9 Å². The molecule has 3 heteroatoms. The molecule has 0 aliphatic rings. The normalized spacial score (nSPS) is 9.35. The third kappa shape index (κ3) is 2.70. The zero-order valence-electron chi connectivity index (χ0n) is 9.05. The Morgan fingerprint density at radius 2 is 1.65 bits per heavy atom. The lowest BCUT2D eigenvalue weighted by Crippen LogP contribution is -2.11. The van der Waals surface area contributed by atoms with Gasteiger partial charge in [-0.05, 0) is 36.4 Å². The first-order chi connectivity index (χ1) is 8.29. The first-order valence-electron chi connectivity index (χ1n) is 5.16. The van der Waals surface area contributed by atoms with Crippen molar-refractivity contribution >= 4 is 11.6 Å². The minimum Gasteiger partial charge on any atom is -0.322 e. The Labute approximate surface area is 99.3 Å². The van der Waals surface area contributed by atoms with Crippen molar-refractivity contribution in [3.05, 3.63) is 65.7 Å². The fraction of sp³-hybridized carbons (Fsp3) is 0. The number of benzene rings is 2. The van der Waals surface area contributed by atoms with E-state index in [-0.39, 0.29) is 5.91 Å². The van der Waals surface area contributed by atoms with Gasteiger partial charge in [0.2, 0.25) is 0 Å². The second-order valence-corrected chi connectivity index (χ2v) is 3.51. The number of para-hydroxylation sites is 1. The highest BCUT2D eigenvalue weighted by Gasteiger charge is 2.05. The Balaban J connectivity index is 2.13. The number of carbonyl (C=O) groups is 1. The van der Waals surface area contributed by atoms with E-state index in [1.807, 2.05) is 36.4 Å². The van der Waals surface area contributed by atoms with Gasteiger partial charge in [-0.15, -0.1) is 0 Å². The second kappa shape index (κ2) is 4.95. The molecule has 3 nitrogen and oxygen atoms in total. The summed E-state index contributed by atoms with van der Waals surface area (Å²) >= 11 is 0. The minimum atomic E-state index is -0.180. The zero-order valence-corrected chi connectivity index (χ0v) is 9.05. The summed E-state index contributed by atoms with van der Waals surface area (Å²) in [6.45, 7) is 0. The van der Waals surface area contributed by atoms with E-state index >= 15 is 0 Å². The summed E-state index contributed by atoms with van der Waals surface area (Å²) in [7, 11) is 0. The molecular formula is C14H10N2O. The van der Waals surface area contributed by atoms with Gasteiger partial charge in [0.05, 0.1) is 11.6 Å². The van der Waals surface area contributed by atoms with Crippen LogP contribution in [0.25, 0.3) is 0 Å². The largest absolute Gasteiger partial charge is 0.322 e. The van der Waals surface area contributed by atoms with Gasteiger partial charge in [0, 0.05) is 11.3 Å². The van der Waals surface area contributed by atoms with E-state index in [1.54, 1.807) is 24.3 Å². The Bertz CT molecular complexity index is 553. The fourth-order valence-corrected chi connectivity index (χ4v) is 1.42. The van der Waals surface area contributed by atoms with Crippen LogP contribution in [0, 0.1) is 11.3 Å². The van der Waals surface area contributed by atoms with Gasteiger partial charge in [-0.3, -0.25) is 4.79 Å². The average molecular weight is 222 g/mol. The molecule has 0 aliphatic heterocycles. The van der Waals surface area contributed by atoms with Crippen molar-refractivity contribution in [3.8, 4) is 6.07 Å². The smallest absolute Gasteiger partial charge is 0.255 e. The number of nitrogens with zero attached hydrogens (tertiary/aromatic N) is 1. The predicted molar refractivity (Wildman–Crippen MR) is 65.6 cm³/mol. The van der Waals surface area contributed by atoms with Gasteiger partial charge in [0.1, 0.15) is 0 Å². The summed E-state index contributed by atoms with van der Waals surface area (Å²) in [5, 5.41) is 11.4. The number of carbonyl (C=O) groups excluding carboxylic acids is 1. The maximum Gasteiger partial charge on any atom is 0.255 e. The number of nitriles is 1. The van der Waals surface area contributed by atoms with Crippen LogP contribution in [0.5, 0.6) is 0 Å². The molecule has 0 saturated carbocycles. The van der Waals surface area contributed by atoms with Crippen molar-refractivity contribution < 1.29 is 4.79 Å². The van der Waals surface area contributed by atoms with Crippen molar-refractivity contribution in [3.63, 3.8) is 0 Å². The molecule has 0 saturated heterocycles. The van der Waals surface area contributed by atoms with Crippen LogP contribution in [-0.4, -0.2) is 5.91 Å². The van der Waals surface area contributed by atoms with E-state index in [0.717, 1.165) is 5.69 Å². The molecule has 0 bridgehead atoms. The van der Waals surface area contributed by atoms with Crippen LogP contribution in [0.4, 0.5) is 5.69 Å². The molecule has 0 atom stereocenters. The van der Waals surface area contributed by atoms with Crippen LogP contribution < -0.4 is 5.32 Å². The van der Waals surface area contributed by atoms with Gasteiger partial charge in [0.15, 0.2) is 0 Å². The first kappa shape index (κ1) is 10.9. The number of nitrogens with one attached hydrogen (secondary N) is 1. The van der Waals surface area contributed by atoms with Crippen LogP contribution in [0.15, 0.2) is 54.6 Å². The average Bonchev–Trinajstić information content (AvgIpc) is 2.40. The van der Waals surface area contributed by atoms with E-state index in [9.17, 15) is 4.79 Å². The molecular weight excluding hydrogens is 212 g/mol. The molecule has 0 spiro atoms. The van der Waals surface area contributed by atoms with Crippen LogP contribution >= 0.6 is 0 Å². The monoisotopic (exact) mass is 222 g/mol. The number of hydrogen-bond donors (Lipinski definition) is 1. The predicted octanol–water partition coefficient (Wildman–Crippen LogP) is 2.81. The van der Waals surface area contributed by atoms with Crippen LogP contribution in [0.2, 0.25) is 0 Å². The van der Waals surface area contributed by atoms with Gasteiger partial charge >= 0.3 is 0 Å². The minimum absolute atomic E-state index is 0.180. The molecule has 1 N–H and O–H groups in total. The van der Waals surface area contributed by atoms with Crippen LogP contribution in [-0.2, 0) is 0 Å². The van der Waals surface area contributed by atoms with Gasteiger partial charge in [-0.1, -0.05) is 18.2 Å².